The molecule has 0 fully saturated rings. The predicted molar refractivity (Wildman–Crippen MR) is 570 cm³/mol. The molecule has 672 valence electrons. The molecule has 0 atom stereocenters. The molecule has 0 spiro atoms. The van der Waals surface area contributed by atoms with E-state index in [1.54, 1.807) is 0 Å². The summed E-state index contributed by atoms with van der Waals surface area (Å²) in [5, 5.41) is 8.41. The average molecular weight is 1920 g/mol. The molecule has 0 amide bonds. The van der Waals surface area contributed by atoms with Crippen LogP contribution in [-0.2, 0) is 0 Å². The summed E-state index contributed by atoms with van der Waals surface area (Å²) in [4.78, 5) is 67.1. The molecule has 0 aliphatic rings. The molecule has 0 N–H and O–H groups in total. The van der Waals surface area contributed by atoms with Crippen molar-refractivity contribution in [3.63, 3.8) is 0 Å². The standard InChI is InChI=1S/C31H20ClN3.C30H19ClN4.C27H16ClN3O.C16H9ClN2O.C15H10ClN3/c32-31-34-29(24-18-16-22(17-19-24)21-8-2-1-3-9-21)33-30(35-31)26-13-6-12-25(20-26)28-15-7-11-23-10-4-5-14-27(23)28;31-30-34-28(23-15-13-21(14-16-23)20-7-2-1-3-8-20)33-29(35-30)25-11-6-10-24(19-25)27-18-17-22-9-4-5-12-26(22)32-27;28-27-30-25(19-12-10-18(11-13-19)17-6-2-1-3-7-17)29-26(31-27)20-14-15-24-22(16-20)21-8-4-5-9-23(21)32-24;17-14-13-11-8-4-5-9-12(11)20-16(13)19-15(18-14)10-6-2-1-3-7-10;16-15-18-13(11-7-3-1-4-8-11)17-14(19-15)12-9-5-2-6-10-12/h1-20H;1-19H;1-16H;1-9H;1-10H. The van der Waals surface area contributed by atoms with E-state index in [2.05, 4.69) is 194 Å². The third-order valence-corrected chi connectivity index (χ3v) is 24.3. The Kier molecular flexibility index (Phi) is 26.6. The number of para-hydroxylation sites is 3. The largest absolute Gasteiger partial charge is 0.456 e. The molecule has 0 radical (unpaired) electrons. The van der Waals surface area contributed by atoms with Gasteiger partial charge in [-0.25, -0.2) is 29.9 Å². The molecule has 22 heteroatoms. The molecular weight excluding hydrogens is 1850 g/mol. The van der Waals surface area contributed by atoms with Gasteiger partial charge in [0.15, 0.2) is 52.4 Å². The van der Waals surface area contributed by atoms with Crippen molar-refractivity contribution in [1.29, 1.82) is 0 Å². The van der Waals surface area contributed by atoms with Gasteiger partial charge in [0, 0.05) is 77.2 Å². The lowest BCUT2D eigenvalue weighted by atomic mass is 9.97. The zero-order valence-corrected chi connectivity index (χ0v) is 78.4. The molecule has 0 bridgehead atoms. The highest BCUT2D eigenvalue weighted by Gasteiger charge is 2.21. The second-order valence-corrected chi connectivity index (χ2v) is 34.1. The minimum atomic E-state index is 0.159. The molecule has 25 rings (SSSR count). The van der Waals surface area contributed by atoms with E-state index in [1.807, 2.05) is 309 Å². The zero-order chi connectivity index (χ0) is 95.3. The van der Waals surface area contributed by atoms with Gasteiger partial charge in [0.2, 0.25) is 26.8 Å². The van der Waals surface area contributed by atoms with E-state index in [1.165, 1.54) is 21.9 Å². The third-order valence-electron chi connectivity index (χ3n) is 23.3. The number of furan rings is 2. The molecule has 0 aliphatic carbocycles. The third kappa shape index (κ3) is 20.8. The molecule has 141 heavy (non-hydrogen) atoms. The average Bonchev–Trinajstić information content (AvgIpc) is 1.55. The number of rotatable bonds is 14. The summed E-state index contributed by atoms with van der Waals surface area (Å²) < 4.78 is 11.7. The molecule has 8 heterocycles. The van der Waals surface area contributed by atoms with Crippen molar-refractivity contribution in [2.75, 3.05) is 0 Å². The van der Waals surface area contributed by atoms with Crippen molar-refractivity contribution >= 4 is 124 Å². The van der Waals surface area contributed by atoms with Crippen molar-refractivity contribution in [3.8, 4) is 158 Å². The lowest BCUT2D eigenvalue weighted by Gasteiger charge is -2.10. The monoisotopic (exact) mass is 1920 g/mol. The first kappa shape index (κ1) is 90.1. The van der Waals surface area contributed by atoms with Crippen molar-refractivity contribution in [1.82, 2.24) is 74.8 Å². The van der Waals surface area contributed by atoms with Gasteiger partial charge < -0.3 is 8.83 Å². The lowest BCUT2D eigenvalue weighted by Crippen LogP contribution is -1.97. The Morgan fingerprint density at radius 3 is 0.922 bits per heavy atom. The first-order valence-electron chi connectivity index (χ1n) is 45.0. The molecule has 0 saturated carbocycles. The van der Waals surface area contributed by atoms with Crippen LogP contribution < -0.4 is 0 Å². The number of nitrogens with zero attached hydrogens (tertiary/aromatic N) is 15. The van der Waals surface area contributed by atoms with Crippen LogP contribution in [0.1, 0.15) is 0 Å². The molecule has 0 unspecified atom stereocenters. The summed E-state index contributed by atoms with van der Waals surface area (Å²) in [6.07, 6.45) is 0. The summed E-state index contributed by atoms with van der Waals surface area (Å²) in [6, 6.07) is 149. The molecule has 17 nitrogen and oxygen atoms in total. The van der Waals surface area contributed by atoms with E-state index < -0.39 is 0 Å². The molecule has 0 saturated heterocycles. The van der Waals surface area contributed by atoms with Crippen LogP contribution in [-0.4, -0.2) is 74.8 Å². The summed E-state index contributed by atoms with van der Waals surface area (Å²) in [5.74, 6) is 4.96. The SMILES string of the molecule is Clc1nc(-c2ccc(-c3ccccc3)cc2)nc(-c2ccc3oc4ccccc4c3c2)n1.Clc1nc(-c2ccc(-c3ccccc3)cc2)nc(-c2cccc(-c3ccc4ccccc4n3)c2)n1.Clc1nc(-c2ccc(-c3ccccc3)cc2)nc(-c2cccc(-c3cccc4ccccc34)c2)n1.Clc1nc(-c2ccccc2)nc(-c2ccccc2)n1.Clc1nc(-c2ccccc2)nc2oc3ccccc3c12. The Bertz CT molecular complexity index is 8720. The number of pyridine rings is 1. The number of hydrogen-bond donors (Lipinski definition) is 0. The Morgan fingerprint density at radius 1 is 0.163 bits per heavy atom. The highest BCUT2D eigenvalue weighted by Crippen LogP contribution is 2.39. The van der Waals surface area contributed by atoms with Crippen LogP contribution in [0, 0.1) is 0 Å². The fourth-order valence-electron chi connectivity index (χ4n) is 16.4. The van der Waals surface area contributed by atoms with Crippen molar-refractivity contribution in [2.24, 2.45) is 0 Å². The van der Waals surface area contributed by atoms with Gasteiger partial charge in [-0.2, -0.15) is 44.9 Å². The lowest BCUT2D eigenvalue weighted by molar-refractivity contribution is 0.653. The molecule has 17 aromatic carbocycles. The fourth-order valence-corrected chi connectivity index (χ4v) is 17.3. The first-order chi connectivity index (χ1) is 69.4. The Morgan fingerprint density at radius 2 is 0.461 bits per heavy atom. The normalized spacial score (nSPS) is 11.0. The number of halogens is 5. The minimum Gasteiger partial charge on any atom is -0.456 e. The van der Waals surface area contributed by atoms with Crippen molar-refractivity contribution < 1.29 is 8.83 Å². The van der Waals surface area contributed by atoms with Gasteiger partial charge >= 0.3 is 0 Å². The van der Waals surface area contributed by atoms with E-state index in [0.717, 1.165) is 144 Å². The Hall–Kier alpha value is -17.4. The number of benzene rings is 17. The second-order valence-electron chi connectivity index (χ2n) is 32.4. The van der Waals surface area contributed by atoms with Crippen LogP contribution in [0.3, 0.4) is 0 Å². The van der Waals surface area contributed by atoms with Gasteiger partial charge in [-0.1, -0.05) is 406 Å². The molecule has 8 aromatic heterocycles. The highest BCUT2D eigenvalue weighted by atomic mass is 35.5. The number of aromatic nitrogens is 15. The maximum atomic E-state index is 6.35. The van der Waals surface area contributed by atoms with Crippen LogP contribution in [0.2, 0.25) is 26.3 Å². The highest BCUT2D eigenvalue weighted by molar-refractivity contribution is 6.36. The van der Waals surface area contributed by atoms with Crippen LogP contribution in [0.25, 0.3) is 224 Å². The van der Waals surface area contributed by atoms with E-state index >= 15 is 0 Å². The summed E-state index contributed by atoms with van der Waals surface area (Å²) in [7, 11) is 0. The van der Waals surface area contributed by atoms with Crippen LogP contribution in [0.5, 0.6) is 0 Å². The Labute approximate surface area is 834 Å². The maximum Gasteiger partial charge on any atom is 0.232 e. The van der Waals surface area contributed by atoms with Gasteiger partial charge in [0.05, 0.1) is 16.6 Å². The van der Waals surface area contributed by atoms with Crippen LogP contribution >= 0.6 is 58.0 Å². The van der Waals surface area contributed by atoms with Gasteiger partial charge in [0.25, 0.3) is 0 Å². The minimum absolute atomic E-state index is 0.159. The maximum absolute atomic E-state index is 6.35. The fraction of sp³-hybridized carbons (Fsp3) is 0. The topological polar surface area (TPSA) is 220 Å². The van der Waals surface area contributed by atoms with E-state index in [4.69, 9.17) is 86.8 Å². The van der Waals surface area contributed by atoms with Crippen LogP contribution in [0.4, 0.5) is 0 Å². The quantitative estimate of drug-likeness (QED) is 0.0924. The molecule has 0 aliphatic heterocycles. The predicted octanol–water partition coefficient (Wildman–Crippen LogP) is 32.1. The van der Waals surface area contributed by atoms with Gasteiger partial charge in [-0.05, 0) is 156 Å². The molecule has 25 aromatic rings. The van der Waals surface area contributed by atoms with Gasteiger partial charge in [-0.3, -0.25) is 0 Å². The summed E-state index contributed by atoms with van der Waals surface area (Å²) in [6.45, 7) is 0. The van der Waals surface area contributed by atoms with Crippen molar-refractivity contribution in [3.05, 3.63) is 475 Å². The smallest absolute Gasteiger partial charge is 0.232 e. The Balaban J connectivity index is 0.000000107. The zero-order valence-electron chi connectivity index (χ0n) is 74.6. The van der Waals surface area contributed by atoms with E-state index in [0.29, 0.717) is 63.3 Å². The van der Waals surface area contributed by atoms with E-state index in [-0.39, 0.29) is 21.1 Å². The summed E-state index contributed by atoms with van der Waals surface area (Å²) in [5.41, 5.74) is 23.0. The molecular formula is C119H74Cl5N15O2. The second kappa shape index (κ2) is 41.6. The van der Waals surface area contributed by atoms with E-state index in [9.17, 15) is 0 Å². The first-order valence-corrected chi connectivity index (χ1v) is 46.9. The van der Waals surface area contributed by atoms with Crippen molar-refractivity contribution in [2.45, 2.75) is 0 Å². The van der Waals surface area contributed by atoms with Gasteiger partial charge in [0.1, 0.15) is 21.9 Å². The number of hydrogen-bond acceptors (Lipinski definition) is 17. The summed E-state index contributed by atoms with van der Waals surface area (Å²) >= 11 is 31.3. The number of fused-ring (bicyclic) bond motifs is 8. The van der Waals surface area contributed by atoms with Gasteiger partial charge in [-0.15, -0.1) is 0 Å². The van der Waals surface area contributed by atoms with Crippen LogP contribution in [0.15, 0.2) is 458 Å².